The smallest absolute Gasteiger partial charge is 0.277 e. The molecule has 0 saturated heterocycles. The van der Waals surface area contributed by atoms with Crippen molar-refractivity contribution in [3.63, 3.8) is 0 Å². The van der Waals surface area contributed by atoms with Crippen LogP contribution in [0, 0.1) is 5.82 Å². The molecular weight excluding hydrogens is 401 g/mol. The number of rotatable bonds is 4. The molecule has 0 atom stereocenters. The molecule has 2 aromatic carbocycles. The average Bonchev–Trinajstić information content (AvgIpc) is 3.34. The van der Waals surface area contributed by atoms with Crippen LogP contribution in [-0.2, 0) is 16.4 Å². The first-order valence-electron chi connectivity index (χ1n) is 8.49. The van der Waals surface area contributed by atoms with E-state index in [1.54, 1.807) is 40.6 Å². The summed E-state index contributed by atoms with van der Waals surface area (Å²) in [4.78, 5) is 19.0. The van der Waals surface area contributed by atoms with Crippen molar-refractivity contribution >= 4 is 33.0 Å². The van der Waals surface area contributed by atoms with Gasteiger partial charge in [-0.15, -0.1) is 11.3 Å². The first-order valence-corrected chi connectivity index (χ1v) is 10.9. The molecule has 6 nitrogen and oxygen atoms in total. The summed E-state index contributed by atoms with van der Waals surface area (Å²) in [5.41, 5.74) is 2.05. The number of hydrogen-bond acceptors (Lipinski definition) is 5. The molecule has 0 fully saturated rings. The second-order valence-electron chi connectivity index (χ2n) is 6.22. The number of amides is 1. The van der Waals surface area contributed by atoms with E-state index in [-0.39, 0.29) is 22.3 Å². The molecule has 144 valence electrons. The van der Waals surface area contributed by atoms with Gasteiger partial charge in [0.25, 0.3) is 5.91 Å². The lowest BCUT2D eigenvalue weighted by molar-refractivity contribution is 0.0985. The quantitative estimate of drug-likeness (QED) is 0.708. The van der Waals surface area contributed by atoms with Crippen LogP contribution >= 0.6 is 11.3 Å². The van der Waals surface area contributed by atoms with E-state index < -0.39 is 10.0 Å². The second-order valence-corrected chi connectivity index (χ2v) is 8.97. The standard InChI is InChI=1S/C19H16FN3O3S2/c1-21-28(25,26)13-6-7-17-12(10-13)8-9-23(17)19(24)16-11-27-18(22-16)14-4-2-3-5-15(14)20/h2-7,10-11,21H,8-9H2,1H3. The highest BCUT2D eigenvalue weighted by atomic mass is 32.2. The highest BCUT2D eigenvalue weighted by Crippen LogP contribution is 2.32. The number of aromatic nitrogens is 1. The van der Waals surface area contributed by atoms with E-state index in [1.165, 1.54) is 30.5 Å². The summed E-state index contributed by atoms with van der Waals surface area (Å²) in [6, 6.07) is 11.0. The maximum Gasteiger partial charge on any atom is 0.277 e. The molecule has 4 rings (SSSR count). The molecule has 0 aliphatic carbocycles. The third-order valence-electron chi connectivity index (χ3n) is 4.60. The zero-order valence-electron chi connectivity index (χ0n) is 14.8. The molecule has 2 heterocycles. The summed E-state index contributed by atoms with van der Waals surface area (Å²) in [5, 5.41) is 2.05. The van der Waals surface area contributed by atoms with Gasteiger partial charge in [-0.25, -0.2) is 22.5 Å². The van der Waals surface area contributed by atoms with E-state index >= 15 is 0 Å². The lowest BCUT2D eigenvalue weighted by Crippen LogP contribution is -2.29. The molecule has 1 aliphatic heterocycles. The van der Waals surface area contributed by atoms with Gasteiger partial charge in [-0.2, -0.15) is 0 Å². The number of thiazole rings is 1. The highest BCUT2D eigenvalue weighted by molar-refractivity contribution is 7.89. The monoisotopic (exact) mass is 417 g/mol. The van der Waals surface area contributed by atoms with E-state index in [2.05, 4.69) is 9.71 Å². The van der Waals surface area contributed by atoms with Crippen molar-refractivity contribution in [2.75, 3.05) is 18.5 Å². The number of carbonyl (C=O) groups excluding carboxylic acids is 1. The molecule has 0 spiro atoms. The fraction of sp³-hybridized carbons (Fsp3) is 0.158. The normalized spacial score (nSPS) is 13.6. The molecule has 1 aliphatic rings. The number of fused-ring (bicyclic) bond motifs is 1. The maximum atomic E-state index is 14.0. The second kappa shape index (κ2) is 7.08. The molecule has 1 amide bonds. The molecule has 9 heteroatoms. The minimum absolute atomic E-state index is 0.165. The SMILES string of the molecule is CNS(=O)(=O)c1ccc2c(c1)CCN2C(=O)c1csc(-c2ccccc2F)n1. The van der Waals surface area contributed by atoms with E-state index in [0.717, 1.165) is 5.56 Å². The van der Waals surface area contributed by atoms with Gasteiger partial charge in [-0.3, -0.25) is 4.79 Å². The summed E-state index contributed by atoms with van der Waals surface area (Å²) < 4.78 is 40.2. The van der Waals surface area contributed by atoms with Crippen LogP contribution < -0.4 is 9.62 Å². The molecule has 0 radical (unpaired) electrons. The van der Waals surface area contributed by atoms with Gasteiger partial charge in [0.2, 0.25) is 10.0 Å². The number of hydrogen-bond donors (Lipinski definition) is 1. The van der Waals surface area contributed by atoms with Crippen LogP contribution in [-0.4, -0.2) is 32.9 Å². The van der Waals surface area contributed by atoms with Crippen LogP contribution in [0.3, 0.4) is 0 Å². The van der Waals surface area contributed by atoms with Gasteiger partial charge in [0.15, 0.2) is 0 Å². The highest BCUT2D eigenvalue weighted by Gasteiger charge is 2.28. The van der Waals surface area contributed by atoms with Gasteiger partial charge < -0.3 is 4.90 Å². The van der Waals surface area contributed by atoms with Gasteiger partial charge >= 0.3 is 0 Å². The van der Waals surface area contributed by atoms with Crippen LogP contribution in [0.15, 0.2) is 52.7 Å². The number of carbonyl (C=O) groups is 1. The average molecular weight is 417 g/mol. The Bertz CT molecular complexity index is 1170. The summed E-state index contributed by atoms with van der Waals surface area (Å²) in [6.07, 6.45) is 0.554. The topological polar surface area (TPSA) is 79.4 Å². The van der Waals surface area contributed by atoms with Gasteiger partial charge in [0.1, 0.15) is 16.5 Å². The number of benzene rings is 2. The Morgan fingerprint density at radius 3 is 2.79 bits per heavy atom. The fourth-order valence-electron chi connectivity index (χ4n) is 3.14. The van der Waals surface area contributed by atoms with Crippen molar-refractivity contribution in [2.45, 2.75) is 11.3 Å². The molecule has 0 unspecified atom stereocenters. The molecule has 3 aromatic rings. The Kier molecular flexibility index (Phi) is 4.74. The van der Waals surface area contributed by atoms with Gasteiger partial charge in [0.05, 0.1) is 4.90 Å². The van der Waals surface area contributed by atoms with Crippen molar-refractivity contribution in [1.29, 1.82) is 0 Å². The Morgan fingerprint density at radius 1 is 1.25 bits per heavy atom. The third kappa shape index (κ3) is 3.21. The van der Waals surface area contributed by atoms with Crippen LogP contribution in [0.4, 0.5) is 10.1 Å². The zero-order chi connectivity index (χ0) is 19.9. The van der Waals surface area contributed by atoms with E-state index in [9.17, 15) is 17.6 Å². The largest absolute Gasteiger partial charge is 0.306 e. The lowest BCUT2D eigenvalue weighted by atomic mass is 10.2. The summed E-state index contributed by atoms with van der Waals surface area (Å²) in [5.74, 6) is -0.678. The number of halogens is 1. The molecule has 0 saturated carbocycles. The molecule has 1 N–H and O–H groups in total. The summed E-state index contributed by atoms with van der Waals surface area (Å²) in [7, 11) is -2.19. The predicted octanol–water partition coefficient (Wildman–Crippen LogP) is 3.06. The first kappa shape index (κ1) is 18.7. The number of anilines is 1. The van der Waals surface area contributed by atoms with Crippen molar-refractivity contribution in [3.8, 4) is 10.6 Å². The minimum Gasteiger partial charge on any atom is -0.306 e. The maximum absolute atomic E-state index is 14.0. The molecule has 1 aromatic heterocycles. The number of nitrogens with zero attached hydrogens (tertiary/aromatic N) is 2. The van der Waals surface area contributed by atoms with E-state index in [1.807, 2.05) is 0 Å². The van der Waals surface area contributed by atoms with Crippen LogP contribution in [0.5, 0.6) is 0 Å². The molecule has 28 heavy (non-hydrogen) atoms. The third-order valence-corrected chi connectivity index (χ3v) is 6.89. The van der Waals surface area contributed by atoms with Gasteiger partial charge in [-0.1, -0.05) is 12.1 Å². The summed E-state index contributed by atoms with van der Waals surface area (Å²) >= 11 is 1.21. The van der Waals surface area contributed by atoms with Crippen LogP contribution in [0.25, 0.3) is 10.6 Å². The number of sulfonamides is 1. The first-order chi connectivity index (χ1) is 13.4. The van der Waals surface area contributed by atoms with Crippen molar-refractivity contribution in [1.82, 2.24) is 9.71 Å². The van der Waals surface area contributed by atoms with E-state index in [4.69, 9.17) is 0 Å². The summed E-state index contributed by atoms with van der Waals surface area (Å²) in [6.45, 7) is 0.434. The lowest BCUT2D eigenvalue weighted by Gasteiger charge is -2.16. The van der Waals surface area contributed by atoms with Crippen molar-refractivity contribution < 1.29 is 17.6 Å². The zero-order valence-corrected chi connectivity index (χ0v) is 16.5. The van der Waals surface area contributed by atoms with Gasteiger partial charge in [0, 0.05) is 23.2 Å². The fourth-order valence-corrected chi connectivity index (χ4v) is 4.74. The predicted molar refractivity (Wildman–Crippen MR) is 106 cm³/mol. The Balaban J connectivity index is 1.63. The van der Waals surface area contributed by atoms with Gasteiger partial charge in [-0.05, 0) is 49.4 Å². The van der Waals surface area contributed by atoms with Crippen molar-refractivity contribution in [3.05, 3.63) is 64.9 Å². The molecular formula is C19H16FN3O3S2. The van der Waals surface area contributed by atoms with Crippen LogP contribution in [0.2, 0.25) is 0 Å². The Hall–Kier alpha value is -2.62. The Morgan fingerprint density at radius 2 is 2.04 bits per heavy atom. The van der Waals surface area contributed by atoms with Crippen LogP contribution in [0.1, 0.15) is 16.1 Å². The Labute approximate surface area is 165 Å². The van der Waals surface area contributed by atoms with Crippen molar-refractivity contribution in [2.24, 2.45) is 0 Å². The minimum atomic E-state index is -3.54. The molecule has 0 bridgehead atoms. The van der Waals surface area contributed by atoms with E-state index in [0.29, 0.717) is 29.2 Å². The number of nitrogens with one attached hydrogen (secondary N) is 1.